The molecule has 0 aliphatic rings. The maximum atomic E-state index is 12.3. The fourth-order valence-corrected chi connectivity index (χ4v) is 1.15. The molecule has 1 heterocycles. The molecule has 0 aromatic carbocycles. The molecule has 0 amide bonds. The molecule has 0 aliphatic carbocycles. The number of alkyl halides is 3. The molecule has 1 aromatic rings. The first-order valence-electron chi connectivity index (χ1n) is 3.82. The molecule has 1 rings (SSSR count). The lowest BCUT2D eigenvalue weighted by molar-refractivity contribution is -0.138. The van der Waals surface area contributed by atoms with E-state index in [0.29, 0.717) is 0 Å². The van der Waals surface area contributed by atoms with E-state index in [4.69, 9.17) is 11.0 Å². The minimum Gasteiger partial charge on any atom is -0.340 e. The lowest BCUT2D eigenvalue weighted by Crippen LogP contribution is -2.09. The Morgan fingerprint density at radius 3 is 2.43 bits per heavy atom. The van der Waals surface area contributed by atoms with Gasteiger partial charge in [0.1, 0.15) is 6.54 Å². The van der Waals surface area contributed by atoms with Gasteiger partial charge in [-0.25, -0.2) is 0 Å². The standard InChI is InChI=1S/C8H8F3N3/c9-8(10,11)7-5-14(2-1-12)4-6(7)3-13/h4-5H,2-3,13H2. The number of rotatable bonds is 2. The van der Waals surface area contributed by atoms with Crippen LogP contribution in [-0.4, -0.2) is 4.57 Å². The lowest BCUT2D eigenvalue weighted by Gasteiger charge is -2.05. The normalized spacial score (nSPS) is 11.4. The predicted octanol–water partition coefficient (Wildman–Crippen LogP) is 1.49. The molecule has 0 fully saturated rings. The molecule has 0 radical (unpaired) electrons. The zero-order valence-electron chi connectivity index (χ0n) is 7.17. The van der Waals surface area contributed by atoms with Crippen LogP contribution in [0, 0.1) is 11.3 Å². The van der Waals surface area contributed by atoms with Crippen LogP contribution in [0.1, 0.15) is 11.1 Å². The predicted molar refractivity (Wildman–Crippen MR) is 42.9 cm³/mol. The van der Waals surface area contributed by atoms with Crippen LogP contribution >= 0.6 is 0 Å². The van der Waals surface area contributed by atoms with Gasteiger partial charge >= 0.3 is 6.18 Å². The second-order valence-corrected chi connectivity index (χ2v) is 2.73. The Morgan fingerprint density at radius 2 is 2.07 bits per heavy atom. The summed E-state index contributed by atoms with van der Waals surface area (Å²) < 4.78 is 38.2. The van der Waals surface area contributed by atoms with Gasteiger partial charge in [0, 0.05) is 18.9 Å². The molecule has 0 aliphatic heterocycles. The minimum absolute atomic E-state index is 0.00718. The van der Waals surface area contributed by atoms with Crippen molar-refractivity contribution in [2.45, 2.75) is 19.3 Å². The molecule has 0 spiro atoms. The highest BCUT2D eigenvalue weighted by Crippen LogP contribution is 2.32. The number of aromatic nitrogens is 1. The fourth-order valence-electron chi connectivity index (χ4n) is 1.15. The van der Waals surface area contributed by atoms with Crippen LogP contribution in [0.15, 0.2) is 12.4 Å². The molecule has 0 bridgehead atoms. The van der Waals surface area contributed by atoms with Crippen molar-refractivity contribution in [3.63, 3.8) is 0 Å². The molecule has 2 N–H and O–H groups in total. The SMILES string of the molecule is N#CCn1cc(CN)c(C(F)(F)F)c1. The number of nitrogens with two attached hydrogens (primary N) is 1. The van der Waals surface area contributed by atoms with Crippen molar-refractivity contribution < 1.29 is 13.2 Å². The Kier molecular flexibility index (Phi) is 2.81. The van der Waals surface area contributed by atoms with Gasteiger partial charge < -0.3 is 10.3 Å². The number of halogens is 3. The van der Waals surface area contributed by atoms with E-state index in [9.17, 15) is 13.2 Å². The van der Waals surface area contributed by atoms with Crippen LogP contribution in [0.5, 0.6) is 0 Å². The molecule has 0 saturated carbocycles. The Morgan fingerprint density at radius 1 is 1.43 bits per heavy atom. The van der Waals surface area contributed by atoms with E-state index < -0.39 is 11.7 Å². The van der Waals surface area contributed by atoms with Gasteiger partial charge in [-0.05, 0) is 5.56 Å². The van der Waals surface area contributed by atoms with Crippen LogP contribution < -0.4 is 5.73 Å². The van der Waals surface area contributed by atoms with Gasteiger partial charge in [0.2, 0.25) is 0 Å². The van der Waals surface area contributed by atoms with Crippen LogP contribution in [0.3, 0.4) is 0 Å². The largest absolute Gasteiger partial charge is 0.418 e. The van der Waals surface area contributed by atoms with Crippen LogP contribution in [0.4, 0.5) is 13.2 Å². The molecule has 0 saturated heterocycles. The summed E-state index contributed by atoms with van der Waals surface area (Å²) in [4.78, 5) is 0. The monoisotopic (exact) mass is 203 g/mol. The average molecular weight is 203 g/mol. The highest BCUT2D eigenvalue weighted by Gasteiger charge is 2.34. The van der Waals surface area contributed by atoms with Gasteiger partial charge in [-0.15, -0.1) is 0 Å². The molecular formula is C8H8F3N3. The zero-order chi connectivity index (χ0) is 10.8. The molecule has 1 aromatic heterocycles. The molecule has 6 heteroatoms. The van der Waals surface area contributed by atoms with E-state index in [2.05, 4.69) is 0 Å². The van der Waals surface area contributed by atoms with Crippen molar-refractivity contribution in [3.05, 3.63) is 23.5 Å². The number of nitrogens with zero attached hydrogens (tertiary/aromatic N) is 2. The zero-order valence-corrected chi connectivity index (χ0v) is 7.17. The van der Waals surface area contributed by atoms with Gasteiger partial charge in [0.15, 0.2) is 0 Å². The van der Waals surface area contributed by atoms with Crippen LogP contribution in [0.25, 0.3) is 0 Å². The van der Waals surface area contributed by atoms with Crippen molar-refractivity contribution in [1.29, 1.82) is 5.26 Å². The summed E-state index contributed by atoms with van der Waals surface area (Å²) in [6.07, 6.45) is -2.27. The highest BCUT2D eigenvalue weighted by molar-refractivity contribution is 5.27. The van der Waals surface area contributed by atoms with Crippen molar-refractivity contribution in [2.24, 2.45) is 5.73 Å². The first-order valence-corrected chi connectivity index (χ1v) is 3.82. The van der Waals surface area contributed by atoms with Gasteiger partial charge in [-0.1, -0.05) is 0 Å². The first-order chi connectivity index (χ1) is 6.49. The molecule has 0 unspecified atom stereocenters. The maximum absolute atomic E-state index is 12.3. The van der Waals surface area contributed by atoms with Gasteiger partial charge in [0.05, 0.1) is 11.6 Å². The Balaban J connectivity index is 3.10. The topological polar surface area (TPSA) is 54.7 Å². The Labute approximate surface area is 78.5 Å². The number of hydrogen-bond acceptors (Lipinski definition) is 2. The summed E-state index contributed by atoms with van der Waals surface area (Å²) in [6, 6.07) is 1.75. The van der Waals surface area contributed by atoms with Crippen molar-refractivity contribution in [3.8, 4) is 6.07 Å². The minimum atomic E-state index is -4.41. The van der Waals surface area contributed by atoms with Crippen LogP contribution in [-0.2, 0) is 19.3 Å². The lowest BCUT2D eigenvalue weighted by atomic mass is 10.2. The quantitative estimate of drug-likeness (QED) is 0.791. The number of nitriles is 1. The summed E-state index contributed by atoms with van der Waals surface area (Å²) in [5.74, 6) is 0. The Bertz CT molecular complexity index is 359. The van der Waals surface area contributed by atoms with Crippen molar-refractivity contribution in [2.75, 3.05) is 0 Å². The van der Waals surface area contributed by atoms with E-state index in [1.54, 1.807) is 6.07 Å². The highest BCUT2D eigenvalue weighted by atomic mass is 19.4. The third-order valence-electron chi connectivity index (χ3n) is 1.74. The van der Waals surface area contributed by atoms with E-state index >= 15 is 0 Å². The average Bonchev–Trinajstić information content (AvgIpc) is 2.47. The molecule has 76 valence electrons. The van der Waals surface area contributed by atoms with Gasteiger partial charge in [-0.2, -0.15) is 18.4 Å². The fraction of sp³-hybridized carbons (Fsp3) is 0.375. The maximum Gasteiger partial charge on any atom is 0.418 e. The van der Waals surface area contributed by atoms with Gasteiger partial charge in [0.25, 0.3) is 0 Å². The second-order valence-electron chi connectivity index (χ2n) is 2.73. The van der Waals surface area contributed by atoms with Crippen molar-refractivity contribution in [1.82, 2.24) is 4.57 Å². The van der Waals surface area contributed by atoms with E-state index in [-0.39, 0.29) is 18.7 Å². The van der Waals surface area contributed by atoms with E-state index in [0.717, 1.165) is 6.20 Å². The first kappa shape index (κ1) is 10.6. The van der Waals surface area contributed by atoms with Crippen molar-refractivity contribution >= 4 is 0 Å². The summed E-state index contributed by atoms with van der Waals surface area (Å²) in [5.41, 5.74) is 4.40. The van der Waals surface area contributed by atoms with E-state index in [1.165, 1.54) is 10.8 Å². The summed E-state index contributed by atoms with van der Waals surface area (Å²) >= 11 is 0. The second kappa shape index (κ2) is 3.72. The summed E-state index contributed by atoms with van der Waals surface area (Å²) in [6.45, 7) is -0.295. The van der Waals surface area contributed by atoms with Crippen LogP contribution in [0.2, 0.25) is 0 Å². The smallest absolute Gasteiger partial charge is 0.340 e. The Hall–Kier alpha value is -1.48. The molecule has 3 nitrogen and oxygen atoms in total. The van der Waals surface area contributed by atoms with Gasteiger partial charge in [-0.3, -0.25) is 0 Å². The van der Waals surface area contributed by atoms with E-state index in [1.807, 2.05) is 0 Å². The molecule has 14 heavy (non-hydrogen) atoms. The third kappa shape index (κ3) is 2.06. The number of hydrogen-bond donors (Lipinski definition) is 1. The summed E-state index contributed by atoms with van der Waals surface area (Å²) in [7, 11) is 0. The summed E-state index contributed by atoms with van der Waals surface area (Å²) in [5, 5.41) is 8.31. The molecule has 0 atom stereocenters. The molecular weight excluding hydrogens is 195 g/mol. The third-order valence-corrected chi connectivity index (χ3v) is 1.74.